The van der Waals surface area contributed by atoms with Crippen LogP contribution in [-0.4, -0.2) is 63.2 Å². The molecule has 0 aliphatic carbocycles. The van der Waals surface area contributed by atoms with Crippen LogP contribution in [0.4, 0.5) is 5.69 Å². The van der Waals surface area contributed by atoms with Gasteiger partial charge in [0.2, 0.25) is 10.0 Å². The molecule has 0 bridgehead atoms. The van der Waals surface area contributed by atoms with Crippen molar-refractivity contribution in [1.29, 1.82) is 0 Å². The van der Waals surface area contributed by atoms with E-state index >= 15 is 0 Å². The van der Waals surface area contributed by atoms with Crippen molar-refractivity contribution in [3.8, 4) is 0 Å². The SMILES string of the molecule is CCOC(=O)c1[nH]c2cc(NCCNCC(O)NS(C)(=O)=O)ccc2c1C.c1ccccc1. The summed E-state index contributed by atoms with van der Waals surface area (Å²) in [6.45, 7) is 5.16. The number of nitrogens with one attached hydrogen (secondary N) is 4. The van der Waals surface area contributed by atoms with E-state index in [9.17, 15) is 18.3 Å². The molecule has 9 nitrogen and oxygen atoms in total. The summed E-state index contributed by atoms with van der Waals surface area (Å²) in [7, 11) is -3.43. The topological polar surface area (TPSA) is 133 Å². The van der Waals surface area contributed by atoms with Gasteiger partial charge >= 0.3 is 5.97 Å². The standard InChI is InChI=1S/C17H26N4O5S.C6H6/c1-4-26-17(23)16-11(2)13-6-5-12(9-14(13)20-16)19-8-7-18-10-15(22)21-27(3,24)25;1-2-4-6-5-3-1/h5-6,9,15,18-22H,4,7-8,10H2,1-3H3;1-6H. The van der Waals surface area contributed by atoms with Crippen LogP contribution in [0, 0.1) is 6.92 Å². The number of aromatic amines is 1. The molecule has 180 valence electrons. The first-order valence-corrected chi connectivity index (χ1v) is 12.5. The van der Waals surface area contributed by atoms with Crippen LogP contribution in [0.15, 0.2) is 54.6 Å². The molecule has 2 aromatic carbocycles. The normalized spacial score (nSPS) is 12.0. The van der Waals surface area contributed by atoms with Crippen molar-refractivity contribution in [1.82, 2.24) is 15.0 Å². The molecular weight excluding hydrogens is 444 g/mol. The first-order valence-electron chi connectivity index (χ1n) is 10.6. The van der Waals surface area contributed by atoms with Gasteiger partial charge in [-0.1, -0.05) is 42.5 Å². The molecule has 1 heterocycles. The number of aromatic nitrogens is 1. The lowest BCUT2D eigenvalue weighted by molar-refractivity contribution is 0.0519. The van der Waals surface area contributed by atoms with Gasteiger partial charge in [-0.3, -0.25) is 0 Å². The summed E-state index contributed by atoms with van der Waals surface area (Å²) >= 11 is 0. The lowest BCUT2D eigenvalue weighted by atomic mass is 10.1. The molecule has 5 N–H and O–H groups in total. The Morgan fingerprint density at radius 3 is 2.33 bits per heavy atom. The largest absolute Gasteiger partial charge is 0.461 e. The molecule has 10 heteroatoms. The molecule has 3 rings (SSSR count). The van der Waals surface area contributed by atoms with Crippen molar-refractivity contribution in [3.63, 3.8) is 0 Å². The number of carbonyl (C=O) groups excluding carboxylic acids is 1. The predicted octanol–water partition coefficient (Wildman–Crippen LogP) is 2.21. The third kappa shape index (κ3) is 9.22. The molecule has 3 aromatic rings. The van der Waals surface area contributed by atoms with Gasteiger partial charge in [0.1, 0.15) is 11.9 Å². The highest BCUT2D eigenvalue weighted by Gasteiger charge is 2.15. The van der Waals surface area contributed by atoms with E-state index in [0.717, 1.165) is 28.4 Å². The smallest absolute Gasteiger partial charge is 0.355 e. The van der Waals surface area contributed by atoms with Crippen LogP contribution in [0.3, 0.4) is 0 Å². The van der Waals surface area contributed by atoms with E-state index in [4.69, 9.17) is 4.74 Å². The lowest BCUT2D eigenvalue weighted by Gasteiger charge is -2.12. The monoisotopic (exact) mass is 476 g/mol. The molecule has 1 aromatic heterocycles. The number of hydrogen-bond donors (Lipinski definition) is 5. The number of H-pyrrole nitrogens is 1. The van der Waals surface area contributed by atoms with Crippen LogP contribution < -0.4 is 15.4 Å². The summed E-state index contributed by atoms with van der Waals surface area (Å²) < 4.78 is 29.1. The van der Waals surface area contributed by atoms with Crippen molar-refractivity contribution in [2.45, 2.75) is 20.1 Å². The van der Waals surface area contributed by atoms with Gasteiger partial charge in [-0.05, 0) is 31.5 Å². The number of rotatable bonds is 10. The first-order chi connectivity index (χ1) is 15.7. The van der Waals surface area contributed by atoms with Gasteiger partial charge in [-0.15, -0.1) is 0 Å². The highest BCUT2D eigenvalue weighted by Crippen LogP contribution is 2.25. The van der Waals surface area contributed by atoms with Crippen molar-refractivity contribution in [2.24, 2.45) is 0 Å². The van der Waals surface area contributed by atoms with Gasteiger partial charge in [-0.2, -0.15) is 4.72 Å². The van der Waals surface area contributed by atoms with Gasteiger partial charge in [0.15, 0.2) is 0 Å². The number of ether oxygens (including phenoxy) is 1. The zero-order valence-electron chi connectivity index (χ0n) is 19.1. The Hall–Kier alpha value is -2.92. The van der Waals surface area contributed by atoms with Crippen LogP contribution in [0.1, 0.15) is 23.0 Å². The quantitative estimate of drug-likeness (QED) is 0.172. The Morgan fingerprint density at radius 1 is 1.12 bits per heavy atom. The van der Waals surface area contributed by atoms with Crippen LogP contribution >= 0.6 is 0 Å². The zero-order valence-corrected chi connectivity index (χ0v) is 19.9. The maximum Gasteiger partial charge on any atom is 0.355 e. The van der Waals surface area contributed by atoms with E-state index in [-0.39, 0.29) is 12.5 Å². The fourth-order valence-electron chi connectivity index (χ4n) is 3.06. The van der Waals surface area contributed by atoms with E-state index in [2.05, 4.69) is 20.3 Å². The second-order valence-electron chi connectivity index (χ2n) is 7.30. The molecular formula is C23H32N4O5S. The number of anilines is 1. The molecule has 0 fully saturated rings. The van der Waals surface area contributed by atoms with E-state index in [1.807, 2.05) is 61.5 Å². The van der Waals surface area contributed by atoms with Gasteiger partial charge in [-0.25, -0.2) is 13.2 Å². The molecule has 1 atom stereocenters. The van der Waals surface area contributed by atoms with Crippen molar-refractivity contribution in [2.75, 3.05) is 37.8 Å². The van der Waals surface area contributed by atoms with E-state index in [0.29, 0.717) is 25.4 Å². The molecule has 0 amide bonds. The average molecular weight is 477 g/mol. The fourth-order valence-corrected chi connectivity index (χ4v) is 3.64. The van der Waals surface area contributed by atoms with Crippen LogP contribution in [0.5, 0.6) is 0 Å². The van der Waals surface area contributed by atoms with Crippen molar-refractivity contribution < 1.29 is 23.1 Å². The van der Waals surface area contributed by atoms with Crippen molar-refractivity contribution >= 4 is 32.6 Å². The Balaban J connectivity index is 0.000000554. The summed E-state index contributed by atoms with van der Waals surface area (Å²) in [5, 5.41) is 16.6. The summed E-state index contributed by atoms with van der Waals surface area (Å²) in [6, 6.07) is 17.8. The average Bonchev–Trinajstić information content (AvgIpc) is 3.10. The number of hydrogen-bond acceptors (Lipinski definition) is 7. The predicted molar refractivity (Wildman–Crippen MR) is 131 cm³/mol. The van der Waals surface area contributed by atoms with Gasteiger partial charge in [0, 0.05) is 36.2 Å². The minimum atomic E-state index is -3.43. The number of carbonyl (C=O) groups is 1. The fraction of sp³-hybridized carbons (Fsp3) is 0.348. The summed E-state index contributed by atoms with van der Waals surface area (Å²) in [5.74, 6) is -0.369. The number of aliphatic hydroxyl groups is 1. The Morgan fingerprint density at radius 2 is 1.76 bits per heavy atom. The third-order valence-electron chi connectivity index (χ3n) is 4.52. The number of aliphatic hydroxyl groups excluding tert-OH is 1. The zero-order chi connectivity index (χ0) is 24.3. The summed E-state index contributed by atoms with van der Waals surface area (Å²) in [6.07, 6.45) is -0.177. The lowest BCUT2D eigenvalue weighted by Crippen LogP contribution is -2.42. The second-order valence-corrected chi connectivity index (χ2v) is 9.08. The number of sulfonamides is 1. The number of benzene rings is 2. The molecule has 1 unspecified atom stereocenters. The number of fused-ring (bicyclic) bond motifs is 1. The molecule has 0 spiro atoms. The van der Waals surface area contributed by atoms with Crippen LogP contribution in [0.25, 0.3) is 10.9 Å². The van der Waals surface area contributed by atoms with E-state index in [1.165, 1.54) is 0 Å². The van der Waals surface area contributed by atoms with Crippen LogP contribution in [-0.2, 0) is 14.8 Å². The second kappa shape index (κ2) is 12.9. The molecule has 0 radical (unpaired) electrons. The van der Waals surface area contributed by atoms with E-state index < -0.39 is 16.3 Å². The maximum atomic E-state index is 12.0. The van der Waals surface area contributed by atoms with Crippen LogP contribution in [0.2, 0.25) is 0 Å². The highest BCUT2D eigenvalue weighted by molar-refractivity contribution is 7.88. The number of esters is 1. The Kier molecular flexibility index (Phi) is 10.3. The minimum absolute atomic E-state index is 0.104. The maximum absolute atomic E-state index is 12.0. The first kappa shape index (κ1) is 26.3. The molecule has 0 aliphatic rings. The van der Waals surface area contributed by atoms with Gasteiger partial charge in [0.25, 0.3) is 0 Å². The van der Waals surface area contributed by atoms with Gasteiger partial charge in [0.05, 0.1) is 12.9 Å². The van der Waals surface area contributed by atoms with Crippen molar-refractivity contribution in [3.05, 3.63) is 65.9 Å². The highest BCUT2D eigenvalue weighted by atomic mass is 32.2. The molecule has 33 heavy (non-hydrogen) atoms. The number of aryl methyl sites for hydroxylation is 1. The van der Waals surface area contributed by atoms with Gasteiger partial charge < -0.3 is 25.5 Å². The minimum Gasteiger partial charge on any atom is -0.461 e. The summed E-state index contributed by atoms with van der Waals surface area (Å²) in [4.78, 5) is 15.1. The summed E-state index contributed by atoms with van der Waals surface area (Å²) in [5.41, 5.74) is 3.01. The molecule has 0 aliphatic heterocycles. The molecule has 0 saturated carbocycles. The Labute approximate surface area is 194 Å². The molecule has 0 saturated heterocycles. The van der Waals surface area contributed by atoms with E-state index in [1.54, 1.807) is 6.92 Å². The Bertz CT molecular complexity index is 1090. The third-order valence-corrected chi connectivity index (χ3v) is 5.22.